The summed E-state index contributed by atoms with van der Waals surface area (Å²) in [6.45, 7) is 6.81. The van der Waals surface area contributed by atoms with E-state index in [9.17, 15) is 4.79 Å². The molecule has 2 fully saturated rings. The normalized spacial score (nSPS) is 19.0. The average Bonchev–Trinajstić information content (AvgIpc) is 2.84. The number of para-hydroxylation sites is 1. The molecule has 0 radical (unpaired) electrons. The molecule has 1 aromatic heterocycles. The molecule has 1 aromatic carbocycles. The second-order valence-electron chi connectivity index (χ2n) is 7.48. The number of ether oxygens (including phenoxy) is 3. The molecule has 9 heteroatoms. The van der Waals surface area contributed by atoms with Crippen LogP contribution < -0.4 is 19.3 Å². The second kappa shape index (κ2) is 8.35. The van der Waals surface area contributed by atoms with Gasteiger partial charge in [-0.15, -0.1) is 5.10 Å². The number of hydrogen-bond donors (Lipinski definition) is 0. The van der Waals surface area contributed by atoms with E-state index >= 15 is 0 Å². The van der Waals surface area contributed by atoms with Gasteiger partial charge >= 0.3 is 0 Å². The van der Waals surface area contributed by atoms with Crippen LogP contribution in [0, 0.1) is 0 Å². The Labute approximate surface area is 175 Å². The van der Waals surface area contributed by atoms with Gasteiger partial charge in [-0.2, -0.15) is 5.10 Å². The molecule has 3 aliphatic rings. The fraction of sp³-hybridized carbons (Fsp3) is 0.476. The van der Waals surface area contributed by atoms with Gasteiger partial charge in [0.25, 0.3) is 5.91 Å². The minimum atomic E-state index is -0.0149. The van der Waals surface area contributed by atoms with E-state index in [1.54, 1.807) is 6.20 Å². The Morgan fingerprint density at radius 3 is 2.53 bits per heavy atom. The summed E-state index contributed by atoms with van der Waals surface area (Å²) in [4.78, 5) is 19.4. The van der Waals surface area contributed by atoms with Crippen LogP contribution in [0.1, 0.15) is 10.4 Å². The number of nitrogens with zero attached hydrogens (tertiary/aromatic N) is 5. The van der Waals surface area contributed by atoms with Gasteiger partial charge in [0.05, 0.1) is 30.7 Å². The Bertz CT molecular complexity index is 910. The first-order valence-corrected chi connectivity index (χ1v) is 10.4. The fourth-order valence-corrected chi connectivity index (χ4v) is 4.05. The number of amides is 1. The predicted molar refractivity (Wildman–Crippen MR) is 111 cm³/mol. The molecule has 0 aliphatic carbocycles. The van der Waals surface area contributed by atoms with E-state index in [2.05, 4.69) is 26.1 Å². The second-order valence-corrected chi connectivity index (χ2v) is 7.48. The van der Waals surface area contributed by atoms with Crippen molar-refractivity contribution in [3.05, 3.63) is 36.0 Å². The Morgan fingerprint density at radius 2 is 1.70 bits per heavy atom. The molecule has 4 heterocycles. The minimum Gasteiger partial charge on any atom is -0.486 e. The summed E-state index contributed by atoms with van der Waals surface area (Å²) in [5, 5.41) is 8.48. The van der Waals surface area contributed by atoms with Gasteiger partial charge in [-0.25, -0.2) is 0 Å². The average molecular weight is 411 g/mol. The number of benzene rings is 1. The monoisotopic (exact) mass is 411 g/mol. The zero-order valence-corrected chi connectivity index (χ0v) is 16.8. The topological polar surface area (TPSA) is 80.3 Å². The molecule has 0 N–H and O–H groups in total. The molecule has 1 amide bonds. The molecule has 9 nitrogen and oxygen atoms in total. The van der Waals surface area contributed by atoms with Crippen molar-refractivity contribution in [3.8, 4) is 11.5 Å². The molecule has 2 saturated heterocycles. The maximum Gasteiger partial charge on any atom is 0.257 e. The third kappa shape index (κ3) is 3.72. The van der Waals surface area contributed by atoms with Gasteiger partial charge < -0.3 is 28.9 Å². The van der Waals surface area contributed by atoms with Crippen LogP contribution in [0.4, 0.5) is 11.5 Å². The van der Waals surface area contributed by atoms with Crippen LogP contribution in [-0.2, 0) is 4.74 Å². The SMILES string of the molecule is O=C(c1cccc2c1OCCO2)N1CCN(c2cnnc(N3CCOCC3)c2)CC1. The van der Waals surface area contributed by atoms with Crippen LogP contribution in [0.5, 0.6) is 11.5 Å². The summed E-state index contributed by atoms with van der Waals surface area (Å²) < 4.78 is 16.7. The van der Waals surface area contributed by atoms with Crippen LogP contribution in [-0.4, -0.2) is 86.7 Å². The van der Waals surface area contributed by atoms with Crippen molar-refractivity contribution >= 4 is 17.4 Å². The summed E-state index contributed by atoms with van der Waals surface area (Å²) in [6.07, 6.45) is 1.79. The van der Waals surface area contributed by atoms with Crippen LogP contribution in [0.15, 0.2) is 30.5 Å². The highest BCUT2D eigenvalue weighted by Crippen LogP contribution is 2.34. The number of hydrogen-bond acceptors (Lipinski definition) is 8. The molecule has 0 atom stereocenters. The highest BCUT2D eigenvalue weighted by molar-refractivity contribution is 5.98. The van der Waals surface area contributed by atoms with E-state index in [0.717, 1.165) is 37.7 Å². The quantitative estimate of drug-likeness (QED) is 0.742. The van der Waals surface area contributed by atoms with Crippen molar-refractivity contribution in [1.29, 1.82) is 0 Å². The Balaban J connectivity index is 1.25. The maximum atomic E-state index is 13.1. The summed E-state index contributed by atoms with van der Waals surface area (Å²) in [7, 11) is 0. The molecule has 5 rings (SSSR count). The Hall–Kier alpha value is -3.07. The minimum absolute atomic E-state index is 0.0149. The largest absolute Gasteiger partial charge is 0.486 e. The standard InChI is InChI=1S/C21H25N5O4/c27-21(17-2-1-3-18-20(17)30-13-12-29-18)26-6-4-24(5-7-26)16-14-19(23-22-15-16)25-8-10-28-11-9-25/h1-3,14-15H,4-13H2. The van der Waals surface area contributed by atoms with E-state index in [1.165, 1.54) is 0 Å². The van der Waals surface area contributed by atoms with Gasteiger partial charge in [0.1, 0.15) is 13.2 Å². The van der Waals surface area contributed by atoms with Crippen molar-refractivity contribution in [2.24, 2.45) is 0 Å². The van der Waals surface area contributed by atoms with Crippen molar-refractivity contribution < 1.29 is 19.0 Å². The number of piperazine rings is 1. The number of morpholine rings is 1. The smallest absolute Gasteiger partial charge is 0.257 e. The molecule has 30 heavy (non-hydrogen) atoms. The Morgan fingerprint density at radius 1 is 0.900 bits per heavy atom. The number of rotatable bonds is 3. The maximum absolute atomic E-state index is 13.1. The lowest BCUT2D eigenvalue weighted by Gasteiger charge is -2.36. The van der Waals surface area contributed by atoms with Gasteiger partial charge in [-0.3, -0.25) is 4.79 Å². The van der Waals surface area contributed by atoms with Gasteiger partial charge in [-0.1, -0.05) is 6.07 Å². The number of carbonyl (C=O) groups is 1. The molecule has 0 bridgehead atoms. The predicted octanol–water partition coefficient (Wildman–Crippen LogP) is 1.05. The van der Waals surface area contributed by atoms with E-state index in [4.69, 9.17) is 14.2 Å². The van der Waals surface area contributed by atoms with Crippen LogP contribution in [0.2, 0.25) is 0 Å². The van der Waals surface area contributed by atoms with Crippen LogP contribution in [0.25, 0.3) is 0 Å². The van der Waals surface area contributed by atoms with E-state index in [-0.39, 0.29) is 5.91 Å². The molecule has 2 aromatic rings. The summed E-state index contributed by atoms with van der Waals surface area (Å²) in [6, 6.07) is 7.57. The molecule has 158 valence electrons. The number of carbonyl (C=O) groups excluding carboxylic acids is 1. The van der Waals surface area contributed by atoms with E-state index in [0.29, 0.717) is 56.6 Å². The molecule has 0 saturated carbocycles. The zero-order valence-electron chi connectivity index (χ0n) is 16.8. The van der Waals surface area contributed by atoms with Crippen molar-refractivity contribution in [2.45, 2.75) is 0 Å². The molecular weight excluding hydrogens is 386 g/mol. The molecule has 0 unspecified atom stereocenters. The lowest BCUT2D eigenvalue weighted by Crippen LogP contribution is -2.49. The number of aromatic nitrogens is 2. The zero-order chi connectivity index (χ0) is 20.3. The molecule has 3 aliphatic heterocycles. The van der Waals surface area contributed by atoms with Gasteiger partial charge in [-0.05, 0) is 12.1 Å². The van der Waals surface area contributed by atoms with Gasteiger partial charge in [0, 0.05) is 45.3 Å². The van der Waals surface area contributed by atoms with Gasteiger partial charge in [0.2, 0.25) is 0 Å². The highest BCUT2D eigenvalue weighted by Gasteiger charge is 2.27. The molecular formula is C21H25N5O4. The lowest BCUT2D eigenvalue weighted by molar-refractivity contribution is 0.0736. The van der Waals surface area contributed by atoms with Crippen molar-refractivity contribution in [3.63, 3.8) is 0 Å². The summed E-state index contributed by atoms with van der Waals surface area (Å²) in [5.74, 6) is 2.06. The van der Waals surface area contributed by atoms with Crippen molar-refractivity contribution in [1.82, 2.24) is 15.1 Å². The lowest BCUT2D eigenvalue weighted by atomic mass is 10.1. The van der Waals surface area contributed by atoms with Crippen molar-refractivity contribution in [2.75, 3.05) is 75.5 Å². The first kappa shape index (κ1) is 18.9. The third-order valence-electron chi connectivity index (χ3n) is 5.69. The summed E-state index contributed by atoms with van der Waals surface area (Å²) in [5.41, 5.74) is 1.60. The Kier molecular flexibility index (Phi) is 5.27. The van der Waals surface area contributed by atoms with Crippen LogP contribution >= 0.6 is 0 Å². The molecule has 0 spiro atoms. The highest BCUT2D eigenvalue weighted by atomic mass is 16.6. The summed E-state index contributed by atoms with van der Waals surface area (Å²) >= 11 is 0. The van der Waals surface area contributed by atoms with E-state index in [1.807, 2.05) is 23.1 Å². The van der Waals surface area contributed by atoms with Crippen LogP contribution in [0.3, 0.4) is 0 Å². The first-order valence-electron chi connectivity index (χ1n) is 10.4. The third-order valence-corrected chi connectivity index (χ3v) is 5.69. The van der Waals surface area contributed by atoms with E-state index < -0.39 is 0 Å². The first-order chi connectivity index (χ1) is 14.8. The fourth-order valence-electron chi connectivity index (χ4n) is 4.05. The number of fused-ring (bicyclic) bond motifs is 1. The number of anilines is 2. The van der Waals surface area contributed by atoms with Gasteiger partial charge in [0.15, 0.2) is 17.3 Å².